The van der Waals surface area contributed by atoms with Gasteiger partial charge in [-0.3, -0.25) is 4.55 Å². The maximum absolute atomic E-state index is 12.3. The van der Waals surface area contributed by atoms with E-state index < -0.39 is 38.2 Å². The van der Waals surface area contributed by atoms with Crippen molar-refractivity contribution >= 4 is 138 Å². The van der Waals surface area contributed by atoms with E-state index in [1.807, 2.05) is 0 Å². The van der Waals surface area contributed by atoms with Crippen molar-refractivity contribution in [3.8, 4) is 11.5 Å². The zero-order valence-corrected chi connectivity index (χ0v) is 34.4. The number of nitrogens with two attached hydrogens (primary N) is 1. The average molecular weight is 792 g/mol. The second-order valence-corrected chi connectivity index (χ2v) is 12.8. The van der Waals surface area contributed by atoms with E-state index in [9.17, 15) is 38.2 Å². The second kappa shape index (κ2) is 18.4. The number of nitrogens with zero attached hydrogens (tertiary/aromatic N) is 6. The van der Waals surface area contributed by atoms with E-state index in [1.165, 1.54) is 72.8 Å². The van der Waals surface area contributed by atoms with Crippen LogP contribution in [0.15, 0.2) is 151 Å². The van der Waals surface area contributed by atoms with Crippen molar-refractivity contribution in [2.45, 2.75) is 4.90 Å². The first kappa shape index (κ1) is 43.2. The normalized spacial score (nSPS) is 12.1. The molecule has 0 saturated heterocycles. The first-order valence-electron chi connectivity index (χ1n) is 15.5. The molecule has 0 saturated carbocycles. The Morgan fingerprint density at radius 2 is 1.05 bits per heavy atom. The van der Waals surface area contributed by atoms with Crippen LogP contribution in [0.25, 0.3) is 10.8 Å². The molecule has 0 amide bonds. The fraction of sp³-hybridized carbons (Fsp3) is 0. The number of aliphatic imine (C=N–C) groups is 2. The van der Waals surface area contributed by atoms with Gasteiger partial charge < -0.3 is 31.3 Å². The number of carboxylic acids is 1. The molecule has 6 aromatic carbocycles. The number of hydrogen-bond donors (Lipinski definition) is 7. The Kier molecular flexibility index (Phi) is 14.2. The van der Waals surface area contributed by atoms with E-state index in [0.29, 0.717) is 28.2 Å². The van der Waals surface area contributed by atoms with Crippen LogP contribution in [0.1, 0.15) is 21.5 Å². The minimum absolute atomic E-state index is 0. The third-order valence-corrected chi connectivity index (χ3v) is 8.55. The second-order valence-electron chi connectivity index (χ2n) is 11.4. The van der Waals surface area contributed by atoms with Crippen LogP contribution in [-0.2, 0) is 10.1 Å². The molecule has 0 aliphatic heterocycles. The number of aliphatic hydroxyl groups is 2. The molecule has 16 nitrogen and oxygen atoms in total. The van der Waals surface area contributed by atoms with E-state index in [2.05, 4.69) is 30.4 Å². The van der Waals surface area contributed by atoms with Gasteiger partial charge in [0.15, 0.2) is 5.75 Å². The summed E-state index contributed by atoms with van der Waals surface area (Å²) in [5.41, 5.74) is 7.46. The minimum atomic E-state index is -4.90. The summed E-state index contributed by atoms with van der Waals surface area (Å²) in [6.07, 6.45) is 0. The van der Waals surface area contributed by atoms with E-state index in [4.69, 9.17) is 10.8 Å². The number of anilines is 1. The Morgan fingerprint density at radius 1 is 0.571 bits per heavy atom. The number of phenols is 2. The summed E-state index contributed by atoms with van der Waals surface area (Å²) in [5, 5.41) is 67.1. The number of fused-ring (bicyclic) bond motifs is 1. The molecule has 0 atom stereocenters. The predicted molar refractivity (Wildman–Crippen MR) is 212 cm³/mol. The van der Waals surface area contributed by atoms with Crippen molar-refractivity contribution in [1.82, 2.24) is 0 Å². The predicted octanol–water partition coefficient (Wildman–Crippen LogP) is 8.12. The van der Waals surface area contributed by atoms with Crippen molar-refractivity contribution < 1.29 is 43.3 Å². The Bertz CT molecular complexity index is 2660. The van der Waals surface area contributed by atoms with E-state index >= 15 is 0 Å². The Morgan fingerprint density at radius 3 is 1.64 bits per heavy atom. The van der Waals surface area contributed by atoms with Gasteiger partial charge in [-0.15, -0.1) is 5.11 Å². The molecule has 6 aromatic rings. The van der Waals surface area contributed by atoms with Gasteiger partial charge in [0.2, 0.25) is 11.8 Å². The number of aromatic carboxylic acids is 1. The molecule has 0 aromatic heterocycles. The molecule has 0 heterocycles. The Labute approximate surface area is 362 Å². The van der Waals surface area contributed by atoms with Crippen molar-refractivity contribution in [3.05, 3.63) is 132 Å². The van der Waals surface area contributed by atoms with Crippen molar-refractivity contribution in [2.24, 2.45) is 30.4 Å². The van der Waals surface area contributed by atoms with Crippen molar-refractivity contribution in [2.75, 3.05) is 5.73 Å². The van der Waals surface area contributed by atoms with Crippen LogP contribution < -0.4 is 5.73 Å². The number of azo groups is 2. The number of rotatable bonds is 10. The van der Waals surface area contributed by atoms with Gasteiger partial charge >= 0.3 is 5.97 Å². The van der Waals surface area contributed by atoms with Gasteiger partial charge in [-0.2, -0.15) is 23.8 Å². The number of phenolic OH excluding ortho intramolecular Hbond substituents is 1. The average Bonchev–Trinajstić information content (AvgIpc) is 3.14. The summed E-state index contributed by atoms with van der Waals surface area (Å²) in [7, 11) is -4.90. The summed E-state index contributed by atoms with van der Waals surface area (Å²) in [5.74, 6) is -2.93. The number of hydrogen-bond acceptors (Lipinski definition) is 12. The number of carbonyl (C=O) groups is 1. The SMILES string of the molecule is Nc1ccc(C(O)=Nc2ccc3c(O)c(N=Nc4ccc(N=C(O)c5ccc(N=Nc6ccc(O)c(C(=O)O)c6)cc5)cc4)c(S(=O)(=O)O)cc3c2)cc1.[Na].[Na]. The Balaban J connectivity index is 0.00000348. The molecule has 56 heavy (non-hydrogen) atoms. The number of carboxylic acid groups (broad SMARTS) is 1. The van der Waals surface area contributed by atoms with Gasteiger partial charge in [-0.05, 0) is 121 Å². The maximum atomic E-state index is 12.3. The van der Waals surface area contributed by atoms with Crippen LogP contribution in [0.5, 0.6) is 11.5 Å². The van der Waals surface area contributed by atoms with Crippen LogP contribution in [0.2, 0.25) is 0 Å². The molecule has 0 fully saturated rings. The summed E-state index contributed by atoms with van der Waals surface area (Å²) < 4.78 is 34.7. The van der Waals surface area contributed by atoms with Gasteiger partial charge in [0, 0.05) is 81.3 Å². The molecule has 0 unspecified atom stereocenters. The summed E-state index contributed by atoms with van der Waals surface area (Å²) in [4.78, 5) is 18.8. The molecular formula is C37H27N7Na2O9S. The zero-order valence-electron chi connectivity index (χ0n) is 29.5. The fourth-order valence-electron chi connectivity index (χ4n) is 4.96. The topological polar surface area (TPSA) is 273 Å². The standard InChI is InChI=1S/C37H27N7O9S.2Na/c38-23-5-1-20(2-6-23)36(48)40-27-13-15-29-22(17-27)18-32(54(51,52)53)33(34(29)46)44-42-26-11-9-24(10-12-26)39-35(47)21-3-7-25(8-4-21)41-43-28-14-16-31(45)30(19-28)37(49)50;;/h1-19,45-46H,38H2,(H,39,47)(H,40,48)(H,49,50)(H,51,52,53);;. The van der Waals surface area contributed by atoms with Crippen LogP contribution >= 0.6 is 0 Å². The van der Waals surface area contributed by atoms with E-state index in [-0.39, 0.29) is 104 Å². The van der Waals surface area contributed by atoms with Gasteiger partial charge in [0.1, 0.15) is 21.9 Å². The molecule has 0 spiro atoms. The van der Waals surface area contributed by atoms with Crippen LogP contribution in [0.4, 0.5) is 39.8 Å². The summed E-state index contributed by atoms with van der Waals surface area (Å²) in [6.45, 7) is 0. The van der Waals surface area contributed by atoms with Crippen LogP contribution in [-0.4, -0.2) is 115 Å². The molecule has 0 aliphatic rings. The molecule has 0 aliphatic carbocycles. The monoisotopic (exact) mass is 791 g/mol. The van der Waals surface area contributed by atoms with Gasteiger partial charge in [-0.25, -0.2) is 14.8 Å². The first-order valence-corrected chi connectivity index (χ1v) is 17.0. The zero-order chi connectivity index (χ0) is 38.6. The molecule has 272 valence electrons. The number of nitrogen functional groups attached to an aromatic ring is 1. The van der Waals surface area contributed by atoms with Crippen LogP contribution in [0.3, 0.4) is 0 Å². The summed E-state index contributed by atoms with van der Waals surface area (Å²) >= 11 is 0. The van der Waals surface area contributed by atoms with E-state index in [0.717, 1.165) is 6.07 Å². The van der Waals surface area contributed by atoms with Crippen molar-refractivity contribution in [1.29, 1.82) is 0 Å². The molecule has 6 rings (SSSR count). The number of aromatic hydroxyl groups is 2. The third-order valence-electron chi connectivity index (χ3n) is 7.68. The number of benzene rings is 6. The molecule has 8 N–H and O–H groups in total. The quantitative estimate of drug-likeness (QED) is 0.0175. The molecule has 2 radical (unpaired) electrons. The van der Waals surface area contributed by atoms with Gasteiger partial charge in [0.05, 0.1) is 28.4 Å². The van der Waals surface area contributed by atoms with Gasteiger partial charge in [-0.1, -0.05) is 0 Å². The van der Waals surface area contributed by atoms with Crippen molar-refractivity contribution in [3.63, 3.8) is 0 Å². The molecule has 19 heteroatoms. The largest absolute Gasteiger partial charge is 0.507 e. The first-order chi connectivity index (χ1) is 25.7. The van der Waals surface area contributed by atoms with Crippen LogP contribution in [0, 0.1) is 0 Å². The Hall–Kier alpha value is -5.50. The summed E-state index contributed by atoms with van der Waals surface area (Å²) in [6, 6.07) is 27.7. The maximum Gasteiger partial charge on any atom is 0.339 e. The minimum Gasteiger partial charge on any atom is -0.507 e. The number of aliphatic hydroxyl groups excluding tert-OH is 2. The smallest absolute Gasteiger partial charge is 0.339 e. The fourth-order valence-corrected chi connectivity index (χ4v) is 5.62. The molecule has 0 bridgehead atoms. The molecular weight excluding hydrogens is 764 g/mol. The van der Waals surface area contributed by atoms with Gasteiger partial charge in [0.25, 0.3) is 10.1 Å². The van der Waals surface area contributed by atoms with E-state index in [1.54, 1.807) is 36.4 Å². The third kappa shape index (κ3) is 10.4.